The summed E-state index contributed by atoms with van der Waals surface area (Å²) in [5.74, 6) is 1.24. The van der Waals surface area contributed by atoms with Gasteiger partial charge in [-0.05, 0) is 45.0 Å². The van der Waals surface area contributed by atoms with Crippen molar-refractivity contribution >= 4 is 34.1 Å². The van der Waals surface area contributed by atoms with Crippen LogP contribution in [0.5, 0.6) is 5.75 Å². The number of anilines is 3. The quantitative estimate of drug-likeness (QED) is 0.555. The number of hydrogen-bond acceptors (Lipinski definition) is 6. The van der Waals surface area contributed by atoms with Crippen LogP contribution in [0, 0.1) is 0 Å². The molecule has 1 aliphatic rings. The van der Waals surface area contributed by atoms with Gasteiger partial charge >= 0.3 is 0 Å². The predicted molar refractivity (Wildman–Crippen MR) is 122 cm³/mol. The van der Waals surface area contributed by atoms with Gasteiger partial charge in [-0.1, -0.05) is 0 Å². The SMILES string of the molecule is CCNc1cc(Nc2ccc(C(=O)N3C[C@@H](C)O[C@@H](C)C3)cc2OC)nc2[nH]ccc12. The molecule has 1 fully saturated rings. The lowest BCUT2D eigenvalue weighted by atomic mass is 10.1. The van der Waals surface area contributed by atoms with Crippen molar-refractivity contribution in [2.75, 3.05) is 37.4 Å². The number of H-pyrrole nitrogens is 1. The Labute approximate surface area is 181 Å². The van der Waals surface area contributed by atoms with Crippen LogP contribution in [0.2, 0.25) is 0 Å². The maximum absolute atomic E-state index is 13.0. The number of benzene rings is 1. The Hall–Kier alpha value is -3.26. The second kappa shape index (κ2) is 8.85. The zero-order valence-electron chi connectivity index (χ0n) is 18.4. The van der Waals surface area contributed by atoms with Gasteiger partial charge in [-0.3, -0.25) is 4.79 Å². The summed E-state index contributed by atoms with van der Waals surface area (Å²) < 4.78 is 11.3. The van der Waals surface area contributed by atoms with E-state index in [1.54, 1.807) is 13.2 Å². The van der Waals surface area contributed by atoms with E-state index < -0.39 is 0 Å². The third kappa shape index (κ3) is 4.44. The molecule has 0 radical (unpaired) electrons. The van der Waals surface area contributed by atoms with Gasteiger partial charge in [0.15, 0.2) is 0 Å². The molecule has 0 aliphatic carbocycles. The minimum atomic E-state index is -0.0211. The van der Waals surface area contributed by atoms with Crippen LogP contribution in [-0.2, 0) is 4.74 Å². The number of morpholine rings is 1. The topological polar surface area (TPSA) is 91.5 Å². The van der Waals surface area contributed by atoms with E-state index in [0.717, 1.165) is 29.0 Å². The number of rotatable bonds is 6. The number of aromatic nitrogens is 2. The fourth-order valence-electron chi connectivity index (χ4n) is 4.03. The third-order valence-electron chi connectivity index (χ3n) is 5.31. The first-order chi connectivity index (χ1) is 15.0. The van der Waals surface area contributed by atoms with Crippen molar-refractivity contribution in [1.82, 2.24) is 14.9 Å². The van der Waals surface area contributed by atoms with E-state index in [9.17, 15) is 4.79 Å². The number of carbonyl (C=O) groups is 1. The van der Waals surface area contributed by atoms with Gasteiger partial charge in [0.25, 0.3) is 5.91 Å². The van der Waals surface area contributed by atoms with E-state index in [0.29, 0.717) is 30.2 Å². The molecule has 1 saturated heterocycles. The Balaban J connectivity index is 1.59. The van der Waals surface area contributed by atoms with E-state index in [2.05, 4.69) is 27.5 Å². The smallest absolute Gasteiger partial charge is 0.254 e. The van der Waals surface area contributed by atoms with Crippen molar-refractivity contribution in [3.05, 3.63) is 42.1 Å². The second-order valence-electron chi connectivity index (χ2n) is 7.83. The Morgan fingerprint density at radius 1 is 1.23 bits per heavy atom. The van der Waals surface area contributed by atoms with Crippen LogP contribution in [0.3, 0.4) is 0 Å². The first-order valence-corrected chi connectivity index (χ1v) is 10.6. The molecule has 8 nitrogen and oxygen atoms in total. The number of nitrogens with one attached hydrogen (secondary N) is 3. The molecule has 2 aromatic heterocycles. The highest BCUT2D eigenvalue weighted by molar-refractivity contribution is 5.96. The highest BCUT2D eigenvalue weighted by atomic mass is 16.5. The minimum Gasteiger partial charge on any atom is -0.495 e. The van der Waals surface area contributed by atoms with E-state index in [-0.39, 0.29) is 18.1 Å². The van der Waals surface area contributed by atoms with E-state index >= 15 is 0 Å². The van der Waals surface area contributed by atoms with E-state index in [1.165, 1.54) is 0 Å². The third-order valence-corrected chi connectivity index (χ3v) is 5.31. The van der Waals surface area contributed by atoms with E-state index in [1.807, 2.05) is 49.2 Å². The van der Waals surface area contributed by atoms with Gasteiger partial charge in [-0.2, -0.15) is 0 Å². The summed E-state index contributed by atoms with van der Waals surface area (Å²) in [7, 11) is 1.60. The molecule has 3 aromatic rings. The van der Waals surface area contributed by atoms with Crippen LogP contribution in [0.1, 0.15) is 31.1 Å². The highest BCUT2D eigenvalue weighted by Crippen LogP contribution is 2.31. The van der Waals surface area contributed by atoms with Crippen LogP contribution in [0.25, 0.3) is 11.0 Å². The fourth-order valence-corrected chi connectivity index (χ4v) is 4.03. The van der Waals surface area contributed by atoms with Crippen LogP contribution in [0.4, 0.5) is 17.2 Å². The molecule has 3 heterocycles. The Morgan fingerprint density at radius 2 is 2.00 bits per heavy atom. The summed E-state index contributed by atoms with van der Waals surface area (Å²) in [6.07, 6.45) is 1.92. The number of aromatic amines is 1. The summed E-state index contributed by atoms with van der Waals surface area (Å²) in [4.78, 5) is 22.7. The number of hydrogen-bond donors (Lipinski definition) is 3. The molecule has 8 heteroatoms. The summed E-state index contributed by atoms with van der Waals surface area (Å²) in [5.41, 5.74) is 3.12. The number of amides is 1. The van der Waals surface area contributed by atoms with Gasteiger partial charge in [0.1, 0.15) is 17.2 Å². The number of methoxy groups -OCH3 is 1. The molecular weight excluding hydrogens is 394 g/mol. The number of nitrogens with zero attached hydrogens (tertiary/aromatic N) is 2. The lowest BCUT2D eigenvalue weighted by Gasteiger charge is -2.35. The summed E-state index contributed by atoms with van der Waals surface area (Å²) in [6, 6.07) is 9.41. The van der Waals surface area contributed by atoms with Gasteiger partial charge < -0.3 is 30.0 Å². The van der Waals surface area contributed by atoms with E-state index in [4.69, 9.17) is 9.47 Å². The Kier molecular flexibility index (Phi) is 5.99. The van der Waals surface area contributed by atoms with Gasteiger partial charge in [-0.15, -0.1) is 0 Å². The zero-order valence-corrected chi connectivity index (χ0v) is 18.4. The summed E-state index contributed by atoms with van der Waals surface area (Å²) >= 11 is 0. The molecule has 1 amide bonds. The van der Waals surface area contributed by atoms with Crippen LogP contribution < -0.4 is 15.4 Å². The Morgan fingerprint density at radius 3 is 2.71 bits per heavy atom. The van der Waals surface area contributed by atoms with Gasteiger partial charge in [0.05, 0.1) is 25.0 Å². The second-order valence-corrected chi connectivity index (χ2v) is 7.83. The molecule has 0 unspecified atom stereocenters. The van der Waals surface area contributed by atoms with Gasteiger partial charge in [0.2, 0.25) is 0 Å². The van der Waals surface area contributed by atoms with Crippen LogP contribution in [0.15, 0.2) is 36.5 Å². The number of ether oxygens (including phenoxy) is 2. The molecule has 31 heavy (non-hydrogen) atoms. The average molecular weight is 424 g/mol. The monoisotopic (exact) mass is 423 g/mol. The Bertz CT molecular complexity index is 1070. The van der Waals surface area contributed by atoms with Crippen molar-refractivity contribution in [2.45, 2.75) is 33.0 Å². The minimum absolute atomic E-state index is 0.0211. The van der Waals surface area contributed by atoms with Crippen LogP contribution >= 0.6 is 0 Å². The number of fused-ring (bicyclic) bond motifs is 1. The first-order valence-electron chi connectivity index (χ1n) is 10.6. The molecule has 0 bridgehead atoms. The van der Waals surface area contributed by atoms with Crippen molar-refractivity contribution in [3.63, 3.8) is 0 Å². The predicted octanol–water partition coefficient (Wildman–Crippen LogP) is 4.00. The molecule has 0 saturated carbocycles. The van der Waals surface area contributed by atoms with Gasteiger partial charge in [0, 0.05) is 48.5 Å². The average Bonchev–Trinajstić information content (AvgIpc) is 3.22. The molecule has 3 N–H and O–H groups in total. The molecule has 164 valence electrons. The summed E-state index contributed by atoms with van der Waals surface area (Å²) in [5, 5.41) is 7.73. The highest BCUT2D eigenvalue weighted by Gasteiger charge is 2.27. The maximum Gasteiger partial charge on any atom is 0.254 e. The summed E-state index contributed by atoms with van der Waals surface area (Å²) in [6.45, 7) is 8.00. The lowest BCUT2D eigenvalue weighted by molar-refractivity contribution is -0.0586. The first kappa shape index (κ1) is 21.0. The number of pyridine rings is 1. The lowest BCUT2D eigenvalue weighted by Crippen LogP contribution is -2.48. The molecule has 0 spiro atoms. The van der Waals surface area contributed by atoms with Crippen molar-refractivity contribution in [3.8, 4) is 5.75 Å². The number of carbonyl (C=O) groups excluding carboxylic acids is 1. The van der Waals surface area contributed by atoms with Crippen molar-refractivity contribution < 1.29 is 14.3 Å². The molecule has 2 atom stereocenters. The molecule has 1 aliphatic heterocycles. The molecular formula is C23H29N5O3. The fraction of sp³-hybridized carbons (Fsp3) is 0.391. The largest absolute Gasteiger partial charge is 0.495 e. The molecule has 4 rings (SSSR count). The zero-order chi connectivity index (χ0) is 22.0. The van der Waals surface area contributed by atoms with Crippen molar-refractivity contribution in [1.29, 1.82) is 0 Å². The standard InChI is InChI=1S/C23H29N5O3/c1-5-24-19-11-21(27-22-17(19)8-9-25-22)26-18-7-6-16(10-20(18)30-4)23(29)28-12-14(2)31-15(3)13-28/h6-11,14-15H,5,12-13H2,1-4H3,(H3,24,25,26,27)/t14-,15+. The van der Waals surface area contributed by atoms with Crippen molar-refractivity contribution in [2.24, 2.45) is 0 Å². The van der Waals surface area contributed by atoms with Gasteiger partial charge in [-0.25, -0.2) is 4.98 Å². The normalized spacial score (nSPS) is 18.8. The van der Waals surface area contributed by atoms with Crippen LogP contribution in [-0.4, -0.2) is 59.7 Å². The molecule has 1 aromatic carbocycles. The maximum atomic E-state index is 13.0.